The quantitative estimate of drug-likeness (QED) is 0.850. The van der Waals surface area contributed by atoms with Crippen LogP contribution in [0.3, 0.4) is 0 Å². The first kappa shape index (κ1) is 18.6. The summed E-state index contributed by atoms with van der Waals surface area (Å²) in [5.74, 6) is 0.545. The van der Waals surface area contributed by atoms with Crippen molar-refractivity contribution in [2.45, 2.75) is 0 Å². The number of benzene rings is 2. The molecule has 1 N–H and O–H groups in total. The molecule has 0 spiro atoms. The zero-order valence-corrected chi connectivity index (χ0v) is 15.3. The van der Waals surface area contributed by atoms with E-state index in [9.17, 15) is 13.2 Å². The van der Waals surface area contributed by atoms with E-state index in [1.54, 1.807) is 42.5 Å². The number of nitrogens with zero attached hydrogens (tertiary/aromatic N) is 1. The lowest BCUT2D eigenvalue weighted by atomic mass is 10.1. The molecule has 0 saturated heterocycles. The zero-order valence-electron chi connectivity index (χ0n) is 14.4. The second-order valence-corrected chi connectivity index (χ2v) is 7.29. The van der Waals surface area contributed by atoms with Crippen LogP contribution in [0.1, 0.15) is 10.4 Å². The summed E-state index contributed by atoms with van der Waals surface area (Å²) >= 11 is 0. The first-order valence-corrected chi connectivity index (χ1v) is 9.19. The van der Waals surface area contributed by atoms with Gasteiger partial charge in [0.1, 0.15) is 0 Å². The second-order valence-electron chi connectivity index (χ2n) is 5.27. The Bertz CT molecular complexity index is 880. The lowest BCUT2D eigenvalue weighted by Gasteiger charge is -2.20. The smallest absolute Gasteiger partial charge is 0.255 e. The first-order valence-electron chi connectivity index (χ1n) is 7.34. The van der Waals surface area contributed by atoms with Crippen LogP contribution in [0.4, 0.5) is 11.4 Å². The molecule has 0 aliphatic carbocycles. The van der Waals surface area contributed by atoms with Crippen molar-refractivity contribution in [2.24, 2.45) is 0 Å². The highest BCUT2D eigenvalue weighted by atomic mass is 32.2. The van der Waals surface area contributed by atoms with E-state index >= 15 is 0 Å². The average Bonchev–Trinajstić information content (AvgIpc) is 2.60. The summed E-state index contributed by atoms with van der Waals surface area (Å²) in [5.41, 5.74) is 1.11. The Balaban J connectivity index is 2.33. The van der Waals surface area contributed by atoms with Crippen molar-refractivity contribution in [3.05, 3.63) is 48.0 Å². The highest BCUT2D eigenvalue weighted by Crippen LogP contribution is 2.29. The van der Waals surface area contributed by atoms with Gasteiger partial charge in [-0.3, -0.25) is 9.10 Å². The van der Waals surface area contributed by atoms with E-state index in [-0.39, 0.29) is 0 Å². The predicted molar refractivity (Wildman–Crippen MR) is 97.2 cm³/mol. The highest BCUT2D eigenvalue weighted by Gasteiger charge is 2.18. The van der Waals surface area contributed by atoms with Crippen LogP contribution in [-0.2, 0) is 10.0 Å². The van der Waals surface area contributed by atoms with Crippen molar-refractivity contribution in [1.29, 1.82) is 0 Å². The topological polar surface area (TPSA) is 84.9 Å². The number of amides is 1. The van der Waals surface area contributed by atoms with E-state index in [2.05, 4.69) is 5.32 Å². The van der Waals surface area contributed by atoms with Gasteiger partial charge in [-0.1, -0.05) is 12.1 Å². The molecule has 0 radical (unpaired) electrons. The summed E-state index contributed by atoms with van der Waals surface area (Å²) in [5, 5.41) is 2.73. The Morgan fingerprint density at radius 1 is 1.04 bits per heavy atom. The van der Waals surface area contributed by atoms with Gasteiger partial charge < -0.3 is 14.8 Å². The summed E-state index contributed by atoms with van der Waals surface area (Å²) in [6, 6.07) is 11.4. The fourth-order valence-corrected chi connectivity index (χ4v) is 2.72. The number of hydrogen-bond acceptors (Lipinski definition) is 5. The zero-order chi connectivity index (χ0) is 18.6. The van der Waals surface area contributed by atoms with Gasteiger partial charge in [-0.2, -0.15) is 0 Å². The number of ether oxygens (including phenoxy) is 2. The van der Waals surface area contributed by atoms with Gasteiger partial charge >= 0.3 is 0 Å². The molecule has 0 aliphatic rings. The van der Waals surface area contributed by atoms with Crippen molar-refractivity contribution in [3.8, 4) is 11.5 Å². The maximum atomic E-state index is 12.5. The molecule has 7 nitrogen and oxygen atoms in total. The van der Waals surface area contributed by atoms with Crippen LogP contribution in [0.15, 0.2) is 42.5 Å². The first-order chi connectivity index (χ1) is 11.8. The second kappa shape index (κ2) is 7.43. The Labute approximate surface area is 147 Å². The molecule has 134 valence electrons. The van der Waals surface area contributed by atoms with Crippen molar-refractivity contribution in [3.63, 3.8) is 0 Å². The summed E-state index contributed by atoms with van der Waals surface area (Å²) in [4.78, 5) is 12.5. The SMILES string of the molecule is COc1ccc(C(=O)Nc2ccccc2N(C)S(C)(=O)=O)cc1OC. The molecule has 0 aliphatic heterocycles. The van der Waals surface area contributed by atoms with Gasteiger partial charge in [0, 0.05) is 12.6 Å². The fraction of sp³-hybridized carbons (Fsp3) is 0.235. The molecule has 0 saturated carbocycles. The maximum Gasteiger partial charge on any atom is 0.255 e. The molecular formula is C17H20N2O5S. The maximum absolute atomic E-state index is 12.5. The standard InChI is InChI=1S/C17H20N2O5S/c1-19(25(4,21)22)14-8-6-5-7-13(14)18-17(20)12-9-10-15(23-2)16(11-12)24-3/h5-11H,1-4H3,(H,18,20). The van der Waals surface area contributed by atoms with E-state index in [0.717, 1.165) is 10.6 Å². The predicted octanol–water partition coefficient (Wildman–Crippen LogP) is 2.35. The number of nitrogens with one attached hydrogen (secondary N) is 1. The molecule has 2 aromatic rings. The Kier molecular flexibility index (Phi) is 5.53. The lowest BCUT2D eigenvalue weighted by molar-refractivity contribution is 0.102. The molecule has 1 amide bonds. The van der Waals surface area contributed by atoms with Gasteiger partial charge in [0.15, 0.2) is 11.5 Å². The van der Waals surface area contributed by atoms with Crippen molar-refractivity contribution >= 4 is 27.3 Å². The molecule has 0 aromatic heterocycles. The Hall–Kier alpha value is -2.74. The molecule has 0 unspecified atom stereocenters. The minimum Gasteiger partial charge on any atom is -0.493 e. The van der Waals surface area contributed by atoms with Gasteiger partial charge in [-0.15, -0.1) is 0 Å². The third kappa shape index (κ3) is 4.21. The van der Waals surface area contributed by atoms with Crippen LogP contribution in [0.2, 0.25) is 0 Å². The molecule has 2 aromatic carbocycles. The van der Waals surface area contributed by atoms with Crippen LogP contribution >= 0.6 is 0 Å². The number of methoxy groups -OCH3 is 2. The van der Waals surface area contributed by atoms with Crippen LogP contribution in [0, 0.1) is 0 Å². The monoisotopic (exact) mass is 364 g/mol. The van der Waals surface area contributed by atoms with Crippen molar-refractivity contribution in [2.75, 3.05) is 37.1 Å². The minimum atomic E-state index is -3.45. The van der Waals surface area contributed by atoms with Crippen molar-refractivity contribution < 1.29 is 22.7 Å². The van der Waals surface area contributed by atoms with Crippen LogP contribution in [0.25, 0.3) is 0 Å². The molecule has 0 atom stereocenters. The van der Waals surface area contributed by atoms with Crippen LogP contribution in [0.5, 0.6) is 11.5 Å². The molecule has 2 rings (SSSR count). The number of anilines is 2. The molecule has 0 heterocycles. The largest absolute Gasteiger partial charge is 0.493 e. The summed E-state index contributed by atoms with van der Waals surface area (Å²) in [7, 11) is 0.965. The molecule has 25 heavy (non-hydrogen) atoms. The fourth-order valence-electron chi connectivity index (χ4n) is 2.20. The minimum absolute atomic E-state index is 0.356. The number of rotatable bonds is 6. The highest BCUT2D eigenvalue weighted by molar-refractivity contribution is 7.92. The number of para-hydroxylation sites is 2. The average molecular weight is 364 g/mol. The molecule has 8 heteroatoms. The Morgan fingerprint density at radius 3 is 2.28 bits per heavy atom. The van der Waals surface area contributed by atoms with Crippen molar-refractivity contribution in [1.82, 2.24) is 0 Å². The summed E-state index contributed by atoms with van der Waals surface area (Å²) < 4.78 is 35.0. The Morgan fingerprint density at radius 2 is 1.68 bits per heavy atom. The number of carbonyl (C=O) groups is 1. The third-order valence-corrected chi connectivity index (χ3v) is 4.83. The number of hydrogen-bond donors (Lipinski definition) is 1. The van der Waals surface area contributed by atoms with E-state index in [1.807, 2.05) is 0 Å². The molecular weight excluding hydrogens is 344 g/mol. The van der Waals surface area contributed by atoms with E-state index in [1.165, 1.54) is 21.3 Å². The van der Waals surface area contributed by atoms with Gasteiger partial charge in [-0.05, 0) is 30.3 Å². The van der Waals surface area contributed by atoms with E-state index < -0.39 is 15.9 Å². The normalized spacial score (nSPS) is 10.9. The van der Waals surface area contributed by atoms with Gasteiger partial charge in [-0.25, -0.2) is 8.42 Å². The van der Waals surface area contributed by atoms with Gasteiger partial charge in [0.2, 0.25) is 10.0 Å². The third-order valence-electron chi connectivity index (χ3n) is 3.63. The molecule has 0 bridgehead atoms. The summed E-state index contributed by atoms with van der Waals surface area (Å²) in [6.07, 6.45) is 1.10. The van der Waals surface area contributed by atoms with E-state index in [4.69, 9.17) is 9.47 Å². The van der Waals surface area contributed by atoms with Gasteiger partial charge in [0.05, 0.1) is 31.9 Å². The van der Waals surface area contributed by atoms with Crippen LogP contribution in [-0.4, -0.2) is 41.8 Å². The lowest BCUT2D eigenvalue weighted by Crippen LogP contribution is -2.26. The van der Waals surface area contributed by atoms with E-state index in [0.29, 0.717) is 28.4 Å². The number of carbonyl (C=O) groups excluding carboxylic acids is 1. The van der Waals surface area contributed by atoms with Crippen LogP contribution < -0.4 is 19.1 Å². The summed E-state index contributed by atoms with van der Waals surface area (Å²) in [6.45, 7) is 0. The van der Waals surface area contributed by atoms with Gasteiger partial charge in [0.25, 0.3) is 5.91 Å². The number of sulfonamides is 1. The molecule has 0 fully saturated rings.